The van der Waals surface area contributed by atoms with Crippen LogP contribution >= 0.6 is 0 Å². The molecule has 0 amide bonds. The molecule has 0 atom stereocenters. The molecule has 0 bridgehead atoms. The molecule has 8 aromatic carbocycles. The van der Waals surface area contributed by atoms with E-state index in [2.05, 4.69) is 133 Å². The maximum absolute atomic E-state index is 6.53. The molecule has 53 heavy (non-hydrogen) atoms. The Labute approximate surface area is 306 Å². The van der Waals surface area contributed by atoms with Gasteiger partial charge in [-0.1, -0.05) is 158 Å². The fourth-order valence-corrected chi connectivity index (χ4v) is 7.23. The van der Waals surface area contributed by atoms with E-state index in [0.29, 0.717) is 17.5 Å². The van der Waals surface area contributed by atoms with E-state index in [1.54, 1.807) is 0 Å². The van der Waals surface area contributed by atoms with Crippen LogP contribution in [-0.4, -0.2) is 15.0 Å². The molecule has 0 radical (unpaired) electrons. The van der Waals surface area contributed by atoms with Gasteiger partial charge in [-0.25, -0.2) is 15.0 Å². The molecule has 10 aromatic rings. The predicted molar refractivity (Wildman–Crippen MR) is 217 cm³/mol. The molecule has 4 nitrogen and oxygen atoms in total. The zero-order valence-electron chi connectivity index (χ0n) is 28.6. The summed E-state index contributed by atoms with van der Waals surface area (Å²) in [4.78, 5) is 15.4. The summed E-state index contributed by atoms with van der Waals surface area (Å²) in [5, 5.41) is 4.30. The lowest BCUT2D eigenvalue weighted by molar-refractivity contribution is 0.669. The Bertz CT molecular complexity index is 2930. The second-order valence-corrected chi connectivity index (χ2v) is 13.3. The fraction of sp³-hybridized carbons (Fsp3) is 0. The molecule has 0 aliphatic heterocycles. The Hall–Kier alpha value is -7.17. The highest BCUT2D eigenvalue weighted by molar-refractivity contribution is 6.13. The highest BCUT2D eigenvalue weighted by atomic mass is 16.3. The van der Waals surface area contributed by atoms with Crippen molar-refractivity contribution in [2.75, 3.05) is 0 Å². The number of hydrogen-bond donors (Lipinski definition) is 0. The standard InChI is InChI=1S/C49H31N3O/c1-3-12-32(13-4-1)38-18-11-19-39(28-38)34-22-24-35(25-23-34)41-30-43(46-42-20-9-10-21-44(42)53-45(46)31-41)49-51-47(36-15-5-2-6-16-36)50-48(52-49)40-27-26-33-14-7-8-17-37(33)29-40/h1-31H. The average Bonchev–Trinajstić information content (AvgIpc) is 3.62. The van der Waals surface area contributed by atoms with Crippen LogP contribution in [0.15, 0.2) is 192 Å². The molecule has 10 rings (SSSR count). The Kier molecular flexibility index (Phi) is 7.43. The molecular formula is C49H31N3O. The summed E-state index contributed by atoms with van der Waals surface area (Å²) in [6, 6.07) is 65.3. The van der Waals surface area contributed by atoms with E-state index in [9.17, 15) is 0 Å². The third kappa shape index (κ3) is 5.73. The zero-order chi connectivity index (χ0) is 35.1. The molecule has 248 valence electrons. The van der Waals surface area contributed by atoms with Crippen LogP contribution in [0.3, 0.4) is 0 Å². The monoisotopic (exact) mass is 677 g/mol. The van der Waals surface area contributed by atoms with E-state index in [-0.39, 0.29) is 0 Å². The second-order valence-electron chi connectivity index (χ2n) is 13.3. The maximum atomic E-state index is 6.53. The number of furan rings is 1. The minimum atomic E-state index is 0.592. The van der Waals surface area contributed by atoms with Gasteiger partial charge in [0, 0.05) is 27.5 Å². The van der Waals surface area contributed by atoms with E-state index < -0.39 is 0 Å². The molecule has 0 saturated carbocycles. The average molecular weight is 678 g/mol. The quantitative estimate of drug-likeness (QED) is 0.176. The van der Waals surface area contributed by atoms with Gasteiger partial charge in [0.2, 0.25) is 0 Å². The molecule has 0 aliphatic carbocycles. The van der Waals surface area contributed by atoms with Gasteiger partial charge >= 0.3 is 0 Å². The Morgan fingerprint density at radius 2 is 0.849 bits per heavy atom. The molecule has 4 heteroatoms. The van der Waals surface area contributed by atoms with Gasteiger partial charge in [-0.15, -0.1) is 0 Å². The number of benzene rings is 8. The number of fused-ring (bicyclic) bond motifs is 4. The lowest BCUT2D eigenvalue weighted by atomic mass is 9.95. The Morgan fingerprint density at radius 3 is 1.60 bits per heavy atom. The summed E-state index contributed by atoms with van der Waals surface area (Å²) in [5.41, 5.74) is 11.2. The normalized spacial score (nSPS) is 11.4. The van der Waals surface area contributed by atoms with Crippen molar-refractivity contribution in [3.05, 3.63) is 188 Å². The van der Waals surface area contributed by atoms with E-state index in [4.69, 9.17) is 19.4 Å². The predicted octanol–water partition coefficient (Wildman–Crippen LogP) is 12.9. The van der Waals surface area contributed by atoms with Crippen LogP contribution in [0, 0.1) is 0 Å². The van der Waals surface area contributed by atoms with Gasteiger partial charge in [-0.05, 0) is 74.5 Å². The van der Waals surface area contributed by atoms with E-state index in [0.717, 1.165) is 60.7 Å². The van der Waals surface area contributed by atoms with Crippen LogP contribution in [0.25, 0.3) is 100 Å². The summed E-state index contributed by atoms with van der Waals surface area (Å²) < 4.78 is 6.53. The SMILES string of the molecule is c1ccc(-c2cccc(-c3ccc(-c4cc(-c5nc(-c6ccccc6)nc(-c6ccc7ccccc7c6)n5)c5c(c4)oc4ccccc45)cc3)c2)cc1. The van der Waals surface area contributed by atoms with Crippen LogP contribution in [0.1, 0.15) is 0 Å². The molecule has 0 unspecified atom stereocenters. The van der Waals surface area contributed by atoms with Gasteiger partial charge in [0.1, 0.15) is 11.2 Å². The lowest BCUT2D eigenvalue weighted by Crippen LogP contribution is -2.00. The Morgan fingerprint density at radius 1 is 0.302 bits per heavy atom. The van der Waals surface area contributed by atoms with Gasteiger partial charge in [-0.3, -0.25) is 0 Å². The zero-order valence-corrected chi connectivity index (χ0v) is 28.6. The van der Waals surface area contributed by atoms with Gasteiger partial charge < -0.3 is 4.42 Å². The van der Waals surface area contributed by atoms with Crippen molar-refractivity contribution in [1.82, 2.24) is 15.0 Å². The van der Waals surface area contributed by atoms with E-state index in [1.807, 2.05) is 54.6 Å². The van der Waals surface area contributed by atoms with Crippen molar-refractivity contribution in [1.29, 1.82) is 0 Å². The third-order valence-corrected chi connectivity index (χ3v) is 9.92. The number of aromatic nitrogens is 3. The number of para-hydroxylation sites is 1. The molecule has 0 fully saturated rings. The first-order valence-electron chi connectivity index (χ1n) is 17.8. The highest BCUT2D eigenvalue weighted by Crippen LogP contribution is 2.40. The Balaban J connectivity index is 1.14. The summed E-state index contributed by atoms with van der Waals surface area (Å²) in [5.74, 6) is 1.83. The molecule has 0 spiro atoms. The van der Waals surface area contributed by atoms with Gasteiger partial charge in [0.05, 0.1) is 0 Å². The first kappa shape index (κ1) is 30.6. The van der Waals surface area contributed by atoms with Crippen molar-refractivity contribution in [3.63, 3.8) is 0 Å². The molecule has 0 saturated heterocycles. The molecule has 2 heterocycles. The minimum Gasteiger partial charge on any atom is -0.456 e. The van der Waals surface area contributed by atoms with Crippen molar-refractivity contribution in [2.45, 2.75) is 0 Å². The van der Waals surface area contributed by atoms with Crippen LogP contribution in [0.2, 0.25) is 0 Å². The smallest absolute Gasteiger partial charge is 0.164 e. The van der Waals surface area contributed by atoms with Crippen molar-refractivity contribution in [2.24, 2.45) is 0 Å². The van der Waals surface area contributed by atoms with Gasteiger partial charge in [0.15, 0.2) is 17.5 Å². The minimum absolute atomic E-state index is 0.592. The van der Waals surface area contributed by atoms with Crippen LogP contribution < -0.4 is 0 Å². The van der Waals surface area contributed by atoms with Crippen LogP contribution in [-0.2, 0) is 0 Å². The fourth-order valence-electron chi connectivity index (χ4n) is 7.23. The summed E-state index contributed by atoms with van der Waals surface area (Å²) in [6.45, 7) is 0. The maximum Gasteiger partial charge on any atom is 0.164 e. The second kappa shape index (κ2) is 12.9. The van der Waals surface area contributed by atoms with Crippen molar-refractivity contribution in [3.8, 4) is 67.5 Å². The van der Waals surface area contributed by atoms with Crippen LogP contribution in [0.4, 0.5) is 0 Å². The topological polar surface area (TPSA) is 51.8 Å². The number of hydrogen-bond acceptors (Lipinski definition) is 4. The molecule has 0 aliphatic rings. The summed E-state index contributed by atoms with van der Waals surface area (Å²) in [7, 11) is 0. The van der Waals surface area contributed by atoms with E-state index in [1.165, 1.54) is 22.1 Å². The van der Waals surface area contributed by atoms with Crippen LogP contribution in [0.5, 0.6) is 0 Å². The largest absolute Gasteiger partial charge is 0.456 e. The van der Waals surface area contributed by atoms with Gasteiger partial charge in [-0.2, -0.15) is 0 Å². The first-order chi connectivity index (χ1) is 26.2. The lowest BCUT2D eigenvalue weighted by Gasteiger charge is -2.12. The third-order valence-electron chi connectivity index (χ3n) is 9.92. The number of rotatable bonds is 6. The van der Waals surface area contributed by atoms with Gasteiger partial charge in [0.25, 0.3) is 0 Å². The first-order valence-corrected chi connectivity index (χ1v) is 17.8. The van der Waals surface area contributed by atoms with Crippen molar-refractivity contribution < 1.29 is 4.42 Å². The highest BCUT2D eigenvalue weighted by Gasteiger charge is 2.20. The van der Waals surface area contributed by atoms with E-state index >= 15 is 0 Å². The molecule has 2 aromatic heterocycles. The molecular weight excluding hydrogens is 647 g/mol. The number of nitrogens with zero attached hydrogens (tertiary/aromatic N) is 3. The molecule has 0 N–H and O–H groups in total. The summed E-state index contributed by atoms with van der Waals surface area (Å²) in [6.07, 6.45) is 0. The van der Waals surface area contributed by atoms with Crippen molar-refractivity contribution >= 4 is 32.7 Å². The summed E-state index contributed by atoms with van der Waals surface area (Å²) >= 11 is 0.